The second-order valence-corrected chi connectivity index (χ2v) is 6.22. The van der Waals surface area contributed by atoms with E-state index < -0.39 is 0 Å². The average molecular weight is 367 g/mol. The molecule has 1 amide bonds. The van der Waals surface area contributed by atoms with Crippen molar-refractivity contribution in [3.8, 4) is 17.1 Å². The predicted octanol–water partition coefficient (Wildman–Crippen LogP) is 2.21. The lowest BCUT2D eigenvalue weighted by Crippen LogP contribution is -2.14. The largest absolute Gasteiger partial charge is 0.480 e. The molecule has 0 saturated carbocycles. The molecule has 4 aromatic heterocycles. The molecule has 130 valence electrons. The fraction of sp³-hybridized carbons (Fsp3) is 0.125. The lowest BCUT2D eigenvalue weighted by atomic mass is 10.1. The summed E-state index contributed by atoms with van der Waals surface area (Å²) in [5, 5.41) is 9.32. The first-order chi connectivity index (χ1) is 12.6. The van der Waals surface area contributed by atoms with Crippen LogP contribution in [0, 0.1) is 6.92 Å². The Labute approximate surface area is 151 Å². The fourth-order valence-electron chi connectivity index (χ4n) is 2.38. The van der Waals surface area contributed by atoms with Crippen molar-refractivity contribution in [2.24, 2.45) is 0 Å². The van der Waals surface area contributed by atoms with Gasteiger partial charge in [0.15, 0.2) is 10.8 Å². The monoisotopic (exact) mass is 367 g/mol. The van der Waals surface area contributed by atoms with Gasteiger partial charge in [0.25, 0.3) is 5.91 Å². The summed E-state index contributed by atoms with van der Waals surface area (Å²) in [5.74, 6) is 0.0911. The molecule has 0 aliphatic rings. The van der Waals surface area contributed by atoms with Crippen molar-refractivity contribution in [2.75, 3.05) is 12.4 Å². The molecule has 0 saturated heterocycles. The minimum absolute atomic E-state index is 0.319. The standard InChI is InChI=1S/C16H13N7O2S/c1-9-7-26-16(21-9)22-15(24)11-3-10(6-23-14(11)19-8-20-23)12-4-18-13(25-2)5-17-12/h3-8H,1-2H3,(H,21,22,24). The average Bonchev–Trinajstić information content (AvgIpc) is 3.29. The second kappa shape index (κ2) is 6.48. The number of pyridine rings is 1. The number of fused-ring (bicyclic) bond motifs is 1. The highest BCUT2D eigenvalue weighted by molar-refractivity contribution is 7.13. The smallest absolute Gasteiger partial charge is 0.261 e. The number of carbonyl (C=O) groups is 1. The Morgan fingerprint density at radius 1 is 1.27 bits per heavy atom. The number of aromatic nitrogens is 6. The van der Waals surface area contributed by atoms with Crippen molar-refractivity contribution in [1.29, 1.82) is 0 Å². The molecular formula is C16H13N7O2S. The summed E-state index contributed by atoms with van der Waals surface area (Å²) < 4.78 is 6.55. The van der Waals surface area contributed by atoms with E-state index in [0.29, 0.717) is 33.5 Å². The second-order valence-electron chi connectivity index (χ2n) is 5.36. The summed E-state index contributed by atoms with van der Waals surface area (Å²) in [6, 6.07) is 1.70. The van der Waals surface area contributed by atoms with Crippen molar-refractivity contribution < 1.29 is 9.53 Å². The molecule has 26 heavy (non-hydrogen) atoms. The lowest BCUT2D eigenvalue weighted by molar-refractivity contribution is 0.102. The Balaban J connectivity index is 1.75. The maximum atomic E-state index is 12.7. The summed E-state index contributed by atoms with van der Waals surface area (Å²) in [4.78, 5) is 29.6. The summed E-state index contributed by atoms with van der Waals surface area (Å²) in [6.45, 7) is 1.87. The van der Waals surface area contributed by atoms with Gasteiger partial charge in [0.05, 0.1) is 36.5 Å². The number of rotatable bonds is 4. The maximum absolute atomic E-state index is 12.7. The van der Waals surface area contributed by atoms with Crippen LogP contribution in [0.2, 0.25) is 0 Å². The van der Waals surface area contributed by atoms with E-state index in [2.05, 4.69) is 30.4 Å². The van der Waals surface area contributed by atoms with E-state index in [1.165, 1.54) is 35.5 Å². The first-order valence-corrected chi connectivity index (χ1v) is 8.45. The van der Waals surface area contributed by atoms with Crippen molar-refractivity contribution in [3.05, 3.63) is 47.6 Å². The maximum Gasteiger partial charge on any atom is 0.261 e. The van der Waals surface area contributed by atoms with Crippen LogP contribution in [0.5, 0.6) is 5.88 Å². The van der Waals surface area contributed by atoms with Crippen LogP contribution in [-0.4, -0.2) is 42.6 Å². The molecule has 0 radical (unpaired) electrons. The molecule has 0 aliphatic heterocycles. The van der Waals surface area contributed by atoms with Crippen LogP contribution in [0.3, 0.4) is 0 Å². The predicted molar refractivity (Wildman–Crippen MR) is 95.4 cm³/mol. The number of hydrogen-bond donors (Lipinski definition) is 1. The molecule has 1 N–H and O–H groups in total. The Hall–Kier alpha value is -3.40. The highest BCUT2D eigenvalue weighted by Crippen LogP contribution is 2.22. The fourth-order valence-corrected chi connectivity index (χ4v) is 3.06. The third-order valence-electron chi connectivity index (χ3n) is 3.59. The van der Waals surface area contributed by atoms with Gasteiger partial charge in [-0.15, -0.1) is 11.3 Å². The first kappa shape index (κ1) is 16.1. The topological polar surface area (TPSA) is 107 Å². The number of nitrogens with one attached hydrogen (secondary N) is 1. The molecule has 10 heteroatoms. The zero-order chi connectivity index (χ0) is 18.1. The Bertz CT molecular complexity index is 1090. The minimum Gasteiger partial charge on any atom is -0.480 e. The lowest BCUT2D eigenvalue weighted by Gasteiger charge is -2.07. The third-order valence-corrected chi connectivity index (χ3v) is 4.47. The van der Waals surface area contributed by atoms with Gasteiger partial charge < -0.3 is 4.74 Å². The van der Waals surface area contributed by atoms with E-state index in [1.807, 2.05) is 12.3 Å². The number of hydrogen-bond acceptors (Lipinski definition) is 8. The van der Waals surface area contributed by atoms with Gasteiger partial charge in [-0.2, -0.15) is 5.10 Å². The molecular weight excluding hydrogens is 354 g/mol. The van der Waals surface area contributed by atoms with E-state index in [9.17, 15) is 4.79 Å². The number of ether oxygens (including phenoxy) is 1. The normalized spacial score (nSPS) is 10.8. The van der Waals surface area contributed by atoms with E-state index >= 15 is 0 Å². The summed E-state index contributed by atoms with van der Waals surface area (Å²) in [7, 11) is 1.52. The number of amides is 1. The van der Waals surface area contributed by atoms with Crippen LogP contribution >= 0.6 is 11.3 Å². The number of thiazole rings is 1. The van der Waals surface area contributed by atoms with Gasteiger partial charge in [-0.3, -0.25) is 10.1 Å². The third kappa shape index (κ3) is 2.97. The van der Waals surface area contributed by atoms with Gasteiger partial charge in [-0.1, -0.05) is 0 Å². The molecule has 0 aromatic carbocycles. The number of nitrogens with zero attached hydrogens (tertiary/aromatic N) is 6. The van der Waals surface area contributed by atoms with Gasteiger partial charge >= 0.3 is 0 Å². The molecule has 0 bridgehead atoms. The van der Waals surface area contributed by atoms with Crippen LogP contribution in [0.4, 0.5) is 5.13 Å². The Morgan fingerprint density at radius 2 is 2.15 bits per heavy atom. The van der Waals surface area contributed by atoms with Gasteiger partial charge in [-0.05, 0) is 13.0 Å². The van der Waals surface area contributed by atoms with Crippen LogP contribution in [0.15, 0.2) is 36.4 Å². The zero-order valence-corrected chi connectivity index (χ0v) is 14.7. The molecule has 0 spiro atoms. The van der Waals surface area contributed by atoms with Crippen molar-refractivity contribution in [3.63, 3.8) is 0 Å². The Kier molecular flexibility index (Phi) is 4.01. The SMILES string of the molecule is COc1cnc(-c2cc(C(=O)Nc3nc(C)cs3)c3ncnn3c2)cn1. The molecule has 0 aliphatic carbocycles. The quantitative estimate of drug-likeness (QED) is 0.589. The highest BCUT2D eigenvalue weighted by Gasteiger charge is 2.17. The van der Waals surface area contributed by atoms with E-state index in [-0.39, 0.29) is 5.91 Å². The molecule has 4 heterocycles. The molecule has 4 rings (SSSR count). The number of methoxy groups -OCH3 is 1. The van der Waals surface area contributed by atoms with E-state index in [0.717, 1.165) is 5.69 Å². The van der Waals surface area contributed by atoms with Crippen LogP contribution in [-0.2, 0) is 0 Å². The number of anilines is 1. The summed E-state index contributed by atoms with van der Waals surface area (Å²) in [6.07, 6.45) is 6.22. The van der Waals surface area contributed by atoms with Crippen molar-refractivity contribution in [2.45, 2.75) is 6.92 Å². The highest BCUT2D eigenvalue weighted by atomic mass is 32.1. The number of carbonyl (C=O) groups excluding carboxylic acids is 1. The molecule has 9 nitrogen and oxygen atoms in total. The summed E-state index contributed by atoms with van der Waals surface area (Å²) >= 11 is 1.36. The molecule has 0 fully saturated rings. The van der Waals surface area contributed by atoms with Gasteiger partial charge in [-0.25, -0.2) is 24.5 Å². The van der Waals surface area contributed by atoms with Gasteiger partial charge in [0.2, 0.25) is 5.88 Å². The van der Waals surface area contributed by atoms with Gasteiger partial charge in [0.1, 0.15) is 6.33 Å². The van der Waals surface area contributed by atoms with Crippen molar-refractivity contribution >= 4 is 28.0 Å². The number of aryl methyl sites for hydroxylation is 1. The zero-order valence-electron chi connectivity index (χ0n) is 13.9. The van der Waals surface area contributed by atoms with Crippen LogP contribution in [0.1, 0.15) is 16.1 Å². The molecule has 4 aromatic rings. The Morgan fingerprint density at radius 3 is 2.85 bits per heavy atom. The van der Waals surface area contributed by atoms with Gasteiger partial charge in [0, 0.05) is 17.1 Å². The van der Waals surface area contributed by atoms with Crippen molar-refractivity contribution in [1.82, 2.24) is 29.5 Å². The molecule has 0 unspecified atom stereocenters. The summed E-state index contributed by atoms with van der Waals surface area (Å²) in [5.41, 5.74) is 2.92. The van der Waals surface area contributed by atoms with E-state index in [1.54, 1.807) is 18.5 Å². The first-order valence-electron chi connectivity index (χ1n) is 7.57. The van der Waals surface area contributed by atoms with E-state index in [4.69, 9.17) is 4.74 Å². The van der Waals surface area contributed by atoms with Crippen LogP contribution in [0.25, 0.3) is 16.9 Å². The molecule has 0 atom stereocenters. The van der Waals surface area contributed by atoms with Crippen LogP contribution < -0.4 is 10.1 Å². The minimum atomic E-state index is -0.319.